The van der Waals surface area contributed by atoms with E-state index >= 15 is 0 Å². The van der Waals surface area contributed by atoms with Gasteiger partial charge in [-0.2, -0.15) is 0 Å². The van der Waals surface area contributed by atoms with Crippen molar-refractivity contribution in [3.8, 4) is 0 Å². The number of halogens is 1. The molecule has 4 heteroatoms. The number of aryl methyl sites for hydroxylation is 1. The van der Waals surface area contributed by atoms with Gasteiger partial charge < -0.3 is 5.32 Å². The number of hydrogen-bond donors (Lipinski definition) is 1. The molecule has 0 bridgehead atoms. The fourth-order valence-corrected chi connectivity index (χ4v) is 2.91. The minimum atomic E-state index is 0.0477. The summed E-state index contributed by atoms with van der Waals surface area (Å²) in [7, 11) is 0. The predicted molar refractivity (Wildman–Crippen MR) is 89.3 cm³/mol. The summed E-state index contributed by atoms with van der Waals surface area (Å²) in [5.41, 5.74) is 2.05. The van der Waals surface area contributed by atoms with Crippen LogP contribution in [0.15, 0.2) is 57.9 Å². The molecule has 0 radical (unpaired) electrons. The first-order valence-electron chi connectivity index (χ1n) is 6.36. The van der Waals surface area contributed by atoms with E-state index in [1.54, 1.807) is 11.8 Å². The Labute approximate surface area is 132 Å². The molecule has 0 saturated carbocycles. The van der Waals surface area contributed by atoms with Gasteiger partial charge in [0.2, 0.25) is 5.91 Å². The maximum atomic E-state index is 12.0. The maximum Gasteiger partial charge on any atom is 0.224 e. The van der Waals surface area contributed by atoms with Gasteiger partial charge in [0.25, 0.3) is 0 Å². The van der Waals surface area contributed by atoms with Gasteiger partial charge in [0, 0.05) is 15.8 Å². The van der Waals surface area contributed by atoms with Crippen molar-refractivity contribution in [2.24, 2.45) is 0 Å². The molecule has 104 valence electrons. The number of thioether (sulfide) groups is 1. The van der Waals surface area contributed by atoms with Crippen LogP contribution in [-0.2, 0) is 11.2 Å². The first-order chi connectivity index (χ1) is 9.69. The largest absolute Gasteiger partial charge is 0.325 e. The second kappa shape index (κ2) is 7.50. The molecular formula is C16H16BrNOS. The lowest BCUT2D eigenvalue weighted by atomic mass is 10.1. The van der Waals surface area contributed by atoms with Crippen molar-refractivity contribution >= 4 is 39.3 Å². The second-order valence-electron chi connectivity index (χ2n) is 4.38. The highest BCUT2D eigenvalue weighted by molar-refractivity contribution is 9.10. The summed E-state index contributed by atoms with van der Waals surface area (Å²) in [5.74, 6) is 0.0477. The molecule has 0 aromatic heterocycles. The van der Waals surface area contributed by atoms with E-state index in [0.717, 1.165) is 27.0 Å². The van der Waals surface area contributed by atoms with E-state index in [1.165, 1.54) is 0 Å². The zero-order chi connectivity index (χ0) is 14.4. The normalized spacial score (nSPS) is 10.3. The lowest BCUT2D eigenvalue weighted by Crippen LogP contribution is -2.12. The Morgan fingerprint density at radius 3 is 2.75 bits per heavy atom. The summed E-state index contributed by atoms with van der Waals surface area (Å²) in [6.07, 6.45) is 3.23. The van der Waals surface area contributed by atoms with Crippen molar-refractivity contribution in [1.29, 1.82) is 0 Å². The number of amides is 1. The second-order valence-corrected chi connectivity index (χ2v) is 6.14. The third-order valence-electron chi connectivity index (χ3n) is 2.91. The Morgan fingerprint density at radius 2 is 2.00 bits per heavy atom. The summed E-state index contributed by atoms with van der Waals surface area (Å²) in [5, 5.41) is 2.97. The quantitative estimate of drug-likeness (QED) is 0.789. The standard InChI is InChI=1S/C16H16BrNOS/c1-20-15-8-3-2-7-14(15)18-16(19)10-9-12-5-4-6-13(17)11-12/h2-8,11H,9-10H2,1H3,(H,18,19). The monoisotopic (exact) mass is 349 g/mol. The first-order valence-corrected chi connectivity index (χ1v) is 8.38. The Kier molecular flexibility index (Phi) is 5.68. The number of carbonyl (C=O) groups excluding carboxylic acids is 1. The molecule has 0 heterocycles. The number of rotatable bonds is 5. The molecule has 0 saturated heterocycles. The summed E-state index contributed by atoms with van der Waals surface area (Å²) in [4.78, 5) is 13.1. The van der Waals surface area contributed by atoms with Crippen LogP contribution in [0.3, 0.4) is 0 Å². The van der Waals surface area contributed by atoms with E-state index in [1.807, 2.05) is 54.8 Å². The molecule has 20 heavy (non-hydrogen) atoms. The topological polar surface area (TPSA) is 29.1 Å². The van der Waals surface area contributed by atoms with E-state index in [-0.39, 0.29) is 5.91 Å². The van der Waals surface area contributed by atoms with Crippen molar-refractivity contribution in [3.63, 3.8) is 0 Å². The van der Waals surface area contributed by atoms with Crippen LogP contribution in [0.5, 0.6) is 0 Å². The number of hydrogen-bond acceptors (Lipinski definition) is 2. The lowest BCUT2D eigenvalue weighted by molar-refractivity contribution is -0.116. The van der Waals surface area contributed by atoms with Gasteiger partial charge in [-0.3, -0.25) is 4.79 Å². The van der Waals surface area contributed by atoms with Gasteiger partial charge in [-0.05, 0) is 42.5 Å². The highest BCUT2D eigenvalue weighted by Crippen LogP contribution is 2.24. The van der Waals surface area contributed by atoms with Crippen LogP contribution in [-0.4, -0.2) is 12.2 Å². The van der Waals surface area contributed by atoms with Crippen molar-refractivity contribution in [2.75, 3.05) is 11.6 Å². The Balaban J connectivity index is 1.93. The van der Waals surface area contributed by atoms with Crippen molar-refractivity contribution in [3.05, 3.63) is 58.6 Å². The molecule has 2 aromatic carbocycles. The minimum absolute atomic E-state index is 0.0477. The molecule has 0 spiro atoms. The van der Waals surface area contributed by atoms with E-state index in [2.05, 4.69) is 21.2 Å². The van der Waals surface area contributed by atoms with Gasteiger partial charge >= 0.3 is 0 Å². The van der Waals surface area contributed by atoms with E-state index in [9.17, 15) is 4.79 Å². The first kappa shape index (κ1) is 15.1. The average Bonchev–Trinajstić information content (AvgIpc) is 2.46. The zero-order valence-corrected chi connectivity index (χ0v) is 13.6. The number of benzene rings is 2. The van der Waals surface area contributed by atoms with Crippen LogP contribution in [0.25, 0.3) is 0 Å². The summed E-state index contributed by atoms with van der Waals surface area (Å²) < 4.78 is 1.04. The van der Waals surface area contributed by atoms with E-state index in [4.69, 9.17) is 0 Å². The molecule has 0 aliphatic carbocycles. The van der Waals surface area contributed by atoms with Gasteiger partial charge in [0.15, 0.2) is 0 Å². The Bertz CT molecular complexity index is 601. The third-order valence-corrected chi connectivity index (χ3v) is 4.20. The molecule has 0 aliphatic rings. The molecule has 0 unspecified atom stereocenters. The number of carbonyl (C=O) groups is 1. The summed E-state index contributed by atoms with van der Waals surface area (Å²) in [6.45, 7) is 0. The molecule has 0 aliphatic heterocycles. The highest BCUT2D eigenvalue weighted by Gasteiger charge is 2.06. The molecule has 1 N–H and O–H groups in total. The number of anilines is 1. The zero-order valence-electron chi connectivity index (χ0n) is 11.2. The Morgan fingerprint density at radius 1 is 1.20 bits per heavy atom. The molecule has 1 amide bonds. The van der Waals surface area contributed by atoms with Gasteiger partial charge in [0.05, 0.1) is 5.69 Å². The summed E-state index contributed by atoms with van der Waals surface area (Å²) >= 11 is 5.07. The number of para-hydroxylation sites is 1. The van der Waals surface area contributed by atoms with Crippen LogP contribution in [0, 0.1) is 0 Å². The van der Waals surface area contributed by atoms with Gasteiger partial charge in [-0.15, -0.1) is 11.8 Å². The SMILES string of the molecule is CSc1ccccc1NC(=O)CCc1cccc(Br)c1. The highest BCUT2D eigenvalue weighted by atomic mass is 79.9. The smallest absolute Gasteiger partial charge is 0.224 e. The van der Waals surface area contributed by atoms with Gasteiger partial charge in [-0.25, -0.2) is 0 Å². The van der Waals surface area contributed by atoms with Crippen LogP contribution in [0.4, 0.5) is 5.69 Å². The summed E-state index contributed by atoms with van der Waals surface area (Å²) in [6, 6.07) is 15.9. The predicted octanol–water partition coefficient (Wildman–Crippen LogP) is 4.74. The fourth-order valence-electron chi connectivity index (χ4n) is 1.91. The molecule has 2 aromatic rings. The average molecular weight is 350 g/mol. The number of nitrogens with one attached hydrogen (secondary N) is 1. The fraction of sp³-hybridized carbons (Fsp3) is 0.188. The Hall–Kier alpha value is -1.26. The van der Waals surface area contributed by atoms with Gasteiger partial charge in [-0.1, -0.05) is 40.2 Å². The van der Waals surface area contributed by atoms with Crippen LogP contribution in [0.1, 0.15) is 12.0 Å². The third kappa shape index (κ3) is 4.39. The van der Waals surface area contributed by atoms with Crippen LogP contribution < -0.4 is 5.32 Å². The van der Waals surface area contributed by atoms with Crippen molar-refractivity contribution in [2.45, 2.75) is 17.7 Å². The van der Waals surface area contributed by atoms with Crippen LogP contribution >= 0.6 is 27.7 Å². The van der Waals surface area contributed by atoms with Crippen molar-refractivity contribution < 1.29 is 4.79 Å². The van der Waals surface area contributed by atoms with Crippen molar-refractivity contribution in [1.82, 2.24) is 0 Å². The molecule has 0 fully saturated rings. The molecule has 2 nitrogen and oxygen atoms in total. The molecular weight excluding hydrogens is 334 g/mol. The minimum Gasteiger partial charge on any atom is -0.325 e. The molecule has 2 rings (SSSR count). The van der Waals surface area contributed by atoms with E-state index < -0.39 is 0 Å². The molecule has 0 atom stereocenters. The maximum absolute atomic E-state index is 12.0. The lowest BCUT2D eigenvalue weighted by Gasteiger charge is -2.09. The van der Waals surface area contributed by atoms with Gasteiger partial charge in [0.1, 0.15) is 0 Å². The van der Waals surface area contributed by atoms with E-state index in [0.29, 0.717) is 6.42 Å². The van der Waals surface area contributed by atoms with Crippen LogP contribution in [0.2, 0.25) is 0 Å².